The van der Waals surface area contributed by atoms with Gasteiger partial charge in [0, 0.05) is 0 Å². The Morgan fingerprint density at radius 2 is 0.972 bits per heavy atom. The molecule has 0 unspecified atom stereocenters. The summed E-state index contributed by atoms with van der Waals surface area (Å²) in [6.07, 6.45) is 0.690. The molecule has 196 valence electrons. The van der Waals surface area contributed by atoms with E-state index in [9.17, 15) is 26.4 Å². The fourth-order valence-corrected chi connectivity index (χ4v) is 5.56. The van der Waals surface area contributed by atoms with E-state index in [1.807, 2.05) is 23.3 Å². The van der Waals surface area contributed by atoms with Gasteiger partial charge in [0.1, 0.15) is 0 Å². The summed E-state index contributed by atoms with van der Waals surface area (Å²) in [6, 6.07) is 12.2. The highest BCUT2D eigenvalue weighted by atomic mass is 32.2. The van der Waals surface area contributed by atoms with Crippen LogP contribution in [0.3, 0.4) is 0 Å². The summed E-state index contributed by atoms with van der Waals surface area (Å²) in [5.41, 5.74) is 1.79. The summed E-state index contributed by atoms with van der Waals surface area (Å²) in [6.45, 7) is 3.78. The predicted octanol–water partition coefficient (Wildman–Crippen LogP) is 3.64. The van der Waals surface area contributed by atoms with Gasteiger partial charge in [0.25, 0.3) is 20.0 Å². The van der Waals surface area contributed by atoms with E-state index >= 15 is 0 Å². The Hall–Kier alpha value is -3.12. The molecule has 0 bridgehead atoms. The van der Waals surface area contributed by atoms with Crippen LogP contribution in [0.1, 0.15) is 36.8 Å². The first kappa shape index (κ1) is 27.5. The summed E-state index contributed by atoms with van der Waals surface area (Å²) in [4.78, 5) is 23.9. The second-order valence-electron chi connectivity index (χ2n) is 8.92. The SMILES string of the molecule is Cc1ccc(S(=O)(=O)NC(=O)OCC2CCC(COC(=O)NS(=O)(=O)c3ccc(C)cc3)CC2)cc1. The molecule has 1 aliphatic rings. The number of sulfonamides is 2. The third-order valence-electron chi connectivity index (χ3n) is 5.96. The zero-order chi connectivity index (χ0) is 26.3. The molecule has 1 fully saturated rings. The van der Waals surface area contributed by atoms with Crippen LogP contribution in [0.4, 0.5) is 9.59 Å². The smallest absolute Gasteiger partial charge is 0.421 e. The average molecular weight is 539 g/mol. The van der Waals surface area contributed by atoms with E-state index in [0.29, 0.717) is 25.7 Å². The van der Waals surface area contributed by atoms with Crippen molar-refractivity contribution in [2.75, 3.05) is 13.2 Å². The molecule has 2 aromatic rings. The van der Waals surface area contributed by atoms with Crippen molar-refractivity contribution in [2.45, 2.75) is 49.3 Å². The quantitative estimate of drug-likeness (QED) is 0.518. The molecular weight excluding hydrogens is 508 g/mol. The topological polar surface area (TPSA) is 145 Å². The van der Waals surface area contributed by atoms with Gasteiger partial charge in [0.05, 0.1) is 23.0 Å². The number of aryl methyl sites for hydroxylation is 2. The van der Waals surface area contributed by atoms with Gasteiger partial charge in [-0.25, -0.2) is 35.9 Å². The summed E-state index contributed by atoms with van der Waals surface area (Å²) >= 11 is 0. The van der Waals surface area contributed by atoms with Gasteiger partial charge in [-0.2, -0.15) is 0 Å². The minimum atomic E-state index is -4.01. The maximum absolute atomic E-state index is 12.3. The zero-order valence-electron chi connectivity index (χ0n) is 20.1. The van der Waals surface area contributed by atoms with Crippen LogP contribution in [0, 0.1) is 25.7 Å². The minimum absolute atomic E-state index is 0.0266. The predicted molar refractivity (Wildman–Crippen MR) is 131 cm³/mol. The molecule has 2 aromatic carbocycles. The van der Waals surface area contributed by atoms with E-state index < -0.39 is 32.2 Å². The van der Waals surface area contributed by atoms with E-state index in [2.05, 4.69) is 0 Å². The number of benzene rings is 2. The standard InChI is InChI=1S/C24H30N2O8S2/c1-17-3-11-21(12-4-17)35(29,30)25-23(27)33-15-19-7-9-20(10-8-19)16-34-24(28)26-36(31,32)22-13-5-18(2)6-14-22/h3-6,11-14,19-20H,7-10,15-16H2,1-2H3,(H,25,27)(H,26,28). The average Bonchev–Trinajstić information content (AvgIpc) is 2.82. The number of ether oxygens (including phenoxy) is 2. The highest BCUT2D eigenvalue weighted by molar-refractivity contribution is 7.90. The Labute approximate surface area is 211 Å². The Morgan fingerprint density at radius 3 is 1.28 bits per heavy atom. The summed E-state index contributed by atoms with van der Waals surface area (Å²) in [5, 5.41) is 0. The molecule has 0 radical (unpaired) electrons. The Morgan fingerprint density at radius 1 is 0.667 bits per heavy atom. The number of amides is 2. The monoisotopic (exact) mass is 538 g/mol. The highest BCUT2D eigenvalue weighted by Crippen LogP contribution is 2.29. The largest absolute Gasteiger partial charge is 0.449 e. The molecule has 3 rings (SSSR count). The molecule has 2 amide bonds. The molecule has 12 heteroatoms. The van der Waals surface area contributed by atoms with Crippen molar-refractivity contribution < 1.29 is 35.9 Å². The van der Waals surface area contributed by atoms with Gasteiger partial charge in [-0.15, -0.1) is 0 Å². The first-order valence-corrected chi connectivity index (χ1v) is 14.4. The van der Waals surface area contributed by atoms with Crippen LogP contribution >= 0.6 is 0 Å². The lowest BCUT2D eigenvalue weighted by atomic mass is 9.83. The third kappa shape index (κ3) is 7.95. The van der Waals surface area contributed by atoms with Crippen LogP contribution in [-0.4, -0.2) is 42.2 Å². The van der Waals surface area contributed by atoms with E-state index in [0.717, 1.165) is 11.1 Å². The number of hydrogen-bond donors (Lipinski definition) is 2. The van der Waals surface area contributed by atoms with Crippen molar-refractivity contribution in [1.29, 1.82) is 0 Å². The lowest BCUT2D eigenvalue weighted by Gasteiger charge is -2.27. The first-order chi connectivity index (χ1) is 16.9. The first-order valence-electron chi connectivity index (χ1n) is 11.5. The van der Waals surface area contributed by atoms with Gasteiger partial charge in [-0.05, 0) is 75.6 Å². The van der Waals surface area contributed by atoms with E-state index in [-0.39, 0.29) is 34.8 Å². The molecule has 2 N–H and O–H groups in total. The lowest BCUT2D eigenvalue weighted by Crippen LogP contribution is -2.34. The van der Waals surface area contributed by atoms with Crippen LogP contribution < -0.4 is 9.44 Å². The van der Waals surface area contributed by atoms with E-state index in [1.54, 1.807) is 24.3 Å². The molecule has 0 saturated heterocycles. The van der Waals surface area contributed by atoms with Crippen molar-refractivity contribution in [2.24, 2.45) is 11.8 Å². The molecule has 0 aromatic heterocycles. The zero-order valence-corrected chi connectivity index (χ0v) is 21.7. The van der Waals surface area contributed by atoms with Crippen LogP contribution in [0.25, 0.3) is 0 Å². The number of rotatable bonds is 8. The van der Waals surface area contributed by atoms with Crippen molar-refractivity contribution in [3.05, 3.63) is 59.7 Å². The number of carbonyl (C=O) groups is 2. The van der Waals surface area contributed by atoms with Gasteiger partial charge < -0.3 is 9.47 Å². The molecule has 0 spiro atoms. The molecule has 1 aliphatic carbocycles. The fourth-order valence-electron chi connectivity index (χ4n) is 3.78. The van der Waals surface area contributed by atoms with E-state index in [1.165, 1.54) is 24.3 Å². The van der Waals surface area contributed by atoms with Gasteiger partial charge in [0.15, 0.2) is 0 Å². The number of nitrogens with one attached hydrogen (secondary N) is 2. The molecule has 10 nitrogen and oxygen atoms in total. The molecule has 36 heavy (non-hydrogen) atoms. The van der Waals surface area contributed by atoms with Gasteiger partial charge >= 0.3 is 12.2 Å². The van der Waals surface area contributed by atoms with Gasteiger partial charge in [-0.3, -0.25) is 0 Å². The van der Waals surface area contributed by atoms with Crippen LogP contribution in [0.5, 0.6) is 0 Å². The molecule has 1 saturated carbocycles. The Balaban J connectivity index is 1.36. The van der Waals surface area contributed by atoms with Crippen molar-refractivity contribution in [1.82, 2.24) is 9.44 Å². The fraction of sp³-hybridized carbons (Fsp3) is 0.417. The molecule has 0 atom stereocenters. The summed E-state index contributed by atoms with van der Waals surface area (Å²) in [5.74, 6) is 0.0923. The van der Waals surface area contributed by atoms with Crippen LogP contribution in [0.2, 0.25) is 0 Å². The van der Waals surface area contributed by atoms with Crippen LogP contribution in [0.15, 0.2) is 58.3 Å². The van der Waals surface area contributed by atoms with E-state index in [4.69, 9.17) is 9.47 Å². The van der Waals surface area contributed by atoms with Gasteiger partial charge in [-0.1, -0.05) is 35.4 Å². The van der Waals surface area contributed by atoms with Crippen LogP contribution in [-0.2, 0) is 29.5 Å². The van der Waals surface area contributed by atoms with Crippen molar-refractivity contribution in [3.8, 4) is 0 Å². The van der Waals surface area contributed by atoms with Crippen molar-refractivity contribution in [3.63, 3.8) is 0 Å². The Bertz CT molecular complexity index is 1160. The normalized spacial score (nSPS) is 18.2. The summed E-state index contributed by atoms with van der Waals surface area (Å²) in [7, 11) is -8.02. The number of hydrogen-bond acceptors (Lipinski definition) is 8. The lowest BCUT2D eigenvalue weighted by molar-refractivity contribution is 0.0894. The second kappa shape index (κ2) is 11.7. The summed E-state index contributed by atoms with van der Waals surface area (Å²) < 4.78 is 63.1. The highest BCUT2D eigenvalue weighted by Gasteiger charge is 2.26. The minimum Gasteiger partial charge on any atom is -0.449 e. The third-order valence-corrected chi connectivity index (χ3v) is 8.62. The van der Waals surface area contributed by atoms with Crippen molar-refractivity contribution >= 4 is 32.2 Å². The molecular formula is C24H30N2O8S2. The molecule has 0 aliphatic heterocycles. The number of carbonyl (C=O) groups excluding carboxylic acids is 2. The maximum Gasteiger partial charge on any atom is 0.421 e. The second-order valence-corrected chi connectivity index (χ2v) is 12.3. The van der Waals surface area contributed by atoms with Gasteiger partial charge in [0.2, 0.25) is 0 Å². The molecule has 0 heterocycles. The Kier molecular flexibility index (Phi) is 8.96. The maximum atomic E-state index is 12.3.